The monoisotopic (exact) mass is 504 g/mol. The summed E-state index contributed by atoms with van der Waals surface area (Å²) in [7, 11) is 0. The number of fused-ring (bicyclic) bond motifs is 3. The Kier molecular flexibility index (Phi) is 6.21. The fourth-order valence-electron chi connectivity index (χ4n) is 4.04. The average molecular weight is 505 g/mol. The van der Waals surface area contributed by atoms with Crippen molar-refractivity contribution < 1.29 is 14.3 Å². The molecule has 186 valence electrons. The first-order valence-corrected chi connectivity index (χ1v) is 12.6. The number of hydrogen-bond donors (Lipinski definition) is 1. The van der Waals surface area contributed by atoms with E-state index in [2.05, 4.69) is 25.3 Å². The number of hydrogen-bond acceptors (Lipinski definition) is 9. The van der Waals surface area contributed by atoms with Crippen molar-refractivity contribution >= 4 is 39.2 Å². The van der Waals surface area contributed by atoms with E-state index in [1.165, 1.54) is 5.56 Å². The lowest BCUT2D eigenvalue weighted by Crippen LogP contribution is -2.39. The SMILES string of the molecule is Cc1ncc(Oc2ccc(Nc3ncnc4sc5c(c34)CCN(C(=O)OC(C)(C)C)C5)cc2C)cn1. The molecule has 1 aromatic carbocycles. The van der Waals surface area contributed by atoms with E-state index in [4.69, 9.17) is 9.47 Å². The molecule has 0 saturated carbocycles. The van der Waals surface area contributed by atoms with Crippen LogP contribution in [0.25, 0.3) is 10.2 Å². The molecule has 1 amide bonds. The standard InChI is InChI=1S/C26H28N6O3S/c1-15-10-17(6-7-20(15)34-18-11-27-16(2)28-12-18)31-23-22-19-8-9-32(25(33)35-26(3,4)5)13-21(19)36-24(22)30-14-29-23/h6-7,10-12,14H,8-9,13H2,1-5H3,(H,29,30,31). The minimum atomic E-state index is -0.521. The second-order valence-corrected chi connectivity index (χ2v) is 10.8. The third kappa shape index (κ3) is 5.08. The van der Waals surface area contributed by atoms with Crippen molar-refractivity contribution in [3.8, 4) is 11.5 Å². The highest BCUT2D eigenvalue weighted by atomic mass is 32.1. The zero-order chi connectivity index (χ0) is 25.4. The molecule has 0 spiro atoms. The molecule has 0 aliphatic carbocycles. The van der Waals surface area contributed by atoms with Gasteiger partial charge in [0.15, 0.2) is 5.75 Å². The van der Waals surface area contributed by atoms with E-state index in [1.807, 2.05) is 52.8 Å². The topological polar surface area (TPSA) is 102 Å². The van der Waals surface area contributed by atoms with Crippen molar-refractivity contribution in [3.05, 3.63) is 58.7 Å². The normalized spacial score (nSPS) is 13.4. The molecule has 9 nitrogen and oxygen atoms in total. The maximum atomic E-state index is 12.6. The van der Waals surface area contributed by atoms with Crippen LogP contribution >= 0.6 is 11.3 Å². The number of benzene rings is 1. The van der Waals surface area contributed by atoms with Gasteiger partial charge in [-0.25, -0.2) is 24.7 Å². The number of nitrogens with zero attached hydrogens (tertiary/aromatic N) is 5. The molecule has 1 aliphatic heterocycles. The molecule has 1 aliphatic rings. The first-order chi connectivity index (χ1) is 17.2. The Morgan fingerprint density at radius 3 is 2.61 bits per heavy atom. The zero-order valence-corrected chi connectivity index (χ0v) is 21.8. The Balaban J connectivity index is 1.37. The van der Waals surface area contributed by atoms with E-state index in [-0.39, 0.29) is 6.09 Å². The van der Waals surface area contributed by atoms with Crippen LogP contribution < -0.4 is 10.1 Å². The fourth-order valence-corrected chi connectivity index (χ4v) is 5.25. The summed E-state index contributed by atoms with van der Waals surface area (Å²) < 4.78 is 11.5. The van der Waals surface area contributed by atoms with Gasteiger partial charge in [0.25, 0.3) is 0 Å². The van der Waals surface area contributed by atoms with Gasteiger partial charge in [0, 0.05) is 17.1 Å². The lowest BCUT2D eigenvalue weighted by molar-refractivity contribution is 0.0227. The molecule has 4 aromatic rings. The number of thiophene rings is 1. The molecule has 10 heteroatoms. The number of rotatable bonds is 4. The minimum Gasteiger partial charge on any atom is -0.454 e. The third-order valence-corrected chi connectivity index (χ3v) is 6.84. The summed E-state index contributed by atoms with van der Waals surface area (Å²) in [4.78, 5) is 33.8. The van der Waals surface area contributed by atoms with Gasteiger partial charge in [0.2, 0.25) is 0 Å². The lowest BCUT2D eigenvalue weighted by atomic mass is 10.1. The van der Waals surface area contributed by atoms with Gasteiger partial charge in [-0.05, 0) is 70.4 Å². The number of carbonyl (C=O) groups excluding carboxylic acids is 1. The van der Waals surface area contributed by atoms with Gasteiger partial charge in [-0.1, -0.05) is 0 Å². The predicted molar refractivity (Wildman–Crippen MR) is 139 cm³/mol. The zero-order valence-electron chi connectivity index (χ0n) is 21.0. The van der Waals surface area contributed by atoms with Crippen molar-refractivity contribution in [1.82, 2.24) is 24.8 Å². The number of carbonyl (C=O) groups is 1. The van der Waals surface area contributed by atoms with Crippen LogP contribution in [0.4, 0.5) is 16.3 Å². The van der Waals surface area contributed by atoms with E-state index < -0.39 is 5.60 Å². The van der Waals surface area contributed by atoms with Crippen molar-refractivity contribution in [1.29, 1.82) is 0 Å². The van der Waals surface area contributed by atoms with E-state index in [0.29, 0.717) is 24.7 Å². The summed E-state index contributed by atoms with van der Waals surface area (Å²) in [5.74, 6) is 2.77. The van der Waals surface area contributed by atoms with Crippen LogP contribution in [-0.2, 0) is 17.7 Å². The number of anilines is 2. The van der Waals surface area contributed by atoms with Crippen LogP contribution in [0.3, 0.4) is 0 Å². The molecule has 0 atom stereocenters. The van der Waals surface area contributed by atoms with E-state index in [0.717, 1.165) is 44.3 Å². The summed E-state index contributed by atoms with van der Waals surface area (Å²) in [5, 5.41) is 4.47. The molecule has 0 radical (unpaired) electrons. The molecule has 5 rings (SSSR count). The smallest absolute Gasteiger partial charge is 0.410 e. The molecule has 1 N–H and O–H groups in total. The third-order valence-electron chi connectivity index (χ3n) is 5.71. The highest BCUT2D eigenvalue weighted by Gasteiger charge is 2.29. The number of aryl methyl sites for hydroxylation is 2. The van der Waals surface area contributed by atoms with Crippen LogP contribution in [0.15, 0.2) is 36.9 Å². The maximum Gasteiger partial charge on any atom is 0.410 e. The van der Waals surface area contributed by atoms with Gasteiger partial charge < -0.3 is 19.7 Å². The lowest BCUT2D eigenvalue weighted by Gasteiger charge is -2.30. The van der Waals surface area contributed by atoms with Crippen molar-refractivity contribution in [2.24, 2.45) is 0 Å². The van der Waals surface area contributed by atoms with Crippen molar-refractivity contribution in [3.63, 3.8) is 0 Å². The molecule has 4 heterocycles. The largest absolute Gasteiger partial charge is 0.454 e. The Labute approximate surface area is 213 Å². The summed E-state index contributed by atoms with van der Waals surface area (Å²) in [5.41, 5.74) is 2.53. The quantitative estimate of drug-likeness (QED) is 0.365. The van der Waals surface area contributed by atoms with Crippen molar-refractivity contribution in [2.75, 3.05) is 11.9 Å². The Morgan fingerprint density at radius 2 is 1.89 bits per heavy atom. The van der Waals surface area contributed by atoms with Gasteiger partial charge in [0.1, 0.15) is 34.2 Å². The minimum absolute atomic E-state index is 0.287. The predicted octanol–water partition coefficient (Wildman–Crippen LogP) is 5.93. The summed E-state index contributed by atoms with van der Waals surface area (Å²) in [6.45, 7) is 10.6. The van der Waals surface area contributed by atoms with E-state index in [9.17, 15) is 4.79 Å². The maximum absolute atomic E-state index is 12.6. The second kappa shape index (κ2) is 9.34. The van der Waals surface area contributed by atoms with Gasteiger partial charge in [-0.15, -0.1) is 11.3 Å². The summed E-state index contributed by atoms with van der Waals surface area (Å²) in [6.07, 6.45) is 5.33. The number of aromatic nitrogens is 4. The van der Waals surface area contributed by atoms with Crippen LogP contribution in [0.5, 0.6) is 11.5 Å². The Bertz CT molecular complexity index is 1430. The molecule has 3 aromatic heterocycles. The summed E-state index contributed by atoms with van der Waals surface area (Å²) >= 11 is 1.60. The molecular weight excluding hydrogens is 476 g/mol. The fraction of sp³-hybridized carbons (Fsp3) is 0.346. The Morgan fingerprint density at radius 1 is 1.11 bits per heavy atom. The van der Waals surface area contributed by atoms with E-state index in [1.54, 1.807) is 35.0 Å². The highest BCUT2D eigenvalue weighted by Crippen LogP contribution is 2.38. The second-order valence-electron chi connectivity index (χ2n) is 9.73. The van der Waals surface area contributed by atoms with Crippen LogP contribution in [-0.4, -0.2) is 43.1 Å². The van der Waals surface area contributed by atoms with Gasteiger partial charge in [-0.3, -0.25) is 0 Å². The molecule has 0 fully saturated rings. The van der Waals surface area contributed by atoms with Crippen LogP contribution in [0, 0.1) is 13.8 Å². The molecule has 0 saturated heterocycles. The Hall–Kier alpha value is -3.79. The van der Waals surface area contributed by atoms with Gasteiger partial charge in [0.05, 0.1) is 24.3 Å². The van der Waals surface area contributed by atoms with Gasteiger partial charge >= 0.3 is 6.09 Å². The molecule has 36 heavy (non-hydrogen) atoms. The average Bonchev–Trinajstić information content (AvgIpc) is 3.20. The molecular formula is C26H28N6O3S. The van der Waals surface area contributed by atoms with Gasteiger partial charge in [-0.2, -0.15) is 0 Å². The summed E-state index contributed by atoms with van der Waals surface area (Å²) in [6, 6.07) is 5.88. The van der Waals surface area contributed by atoms with E-state index >= 15 is 0 Å². The molecule has 0 unspecified atom stereocenters. The molecule has 0 bridgehead atoms. The highest BCUT2D eigenvalue weighted by molar-refractivity contribution is 7.19. The number of amides is 1. The van der Waals surface area contributed by atoms with Crippen LogP contribution in [0.1, 0.15) is 42.6 Å². The number of ether oxygens (including phenoxy) is 2. The first-order valence-electron chi connectivity index (χ1n) is 11.7. The van der Waals surface area contributed by atoms with Crippen molar-refractivity contribution in [2.45, 2.75) is 53.2 Å². The number of nitrogens with one attached hydrogen (secondary N) is 1. The van der Waals surface area contributed by atoms with Crippen LogP contribution in [0.2, 0.25) is 0 Å². The first kappa shape index (κ1) is 23.9.